The highest BCUT2D eigenvalue weighted by Gasteiger charge is 2.37. The van der Waals surface area contributed by atoms with Gasteiger partial charge in [0.25, 0.3) is 0 Å². The largest absolute Gasteiger partial charge is 0.489 e. The Labute approximate surface area is 242 Å². The Morgan fingerprint density at radius 3 is 2.56 bits per heavy atom. The minimum atomic E-state index is -0.842. The van der Waals surface area contributed by atoms with Crippen molar-refractivity contribution < 1.29 is 28.5 Å². The average molecular weight is 561 g/mol. The summed E-state index contributed by atoms with van der Waals surface area (Å²) in [7, 11) is 0. The van der Waals surface area contributed by atoms with Gasteiger partial charge in [0.15, 0.2) is 5.79 Å². The van der Waals surface area contributed by atoms with E-state index in [4.69, 9.17) is 30.4 Å². The van der Waals surface area contributed by atoms with Gasteiger partial charge in [0, 0.05) is 12.8 Å². The van der Waals surface area contributed by atoms with Crippen molar-refractivity contribution in [2.45, 2.75) is 76.2 Å². The quantitative estimate of drug-likeness (QED) is 0.167. The van der Waals surface area contributed by atoms with E-state index in [0.717, 1.165) is 36.8 Å². The summed E-state index contributed by atoms with van der Waals surface area (Å²) in [5, 5.41) is 0. The van der Waals surface area contributed by atoms with E-state index in [0.29, 0.717) is 45.0 Å². The average Bonchev–Trinajstić information content (AvgIpc) is 3.44. The molecule has 1 saturated heterocycles. The van der Waals surface area contributed by atoms with E-state index in [9.17, 15) is 9.59 Å². The summed E-state index contributed by atoms with van der Waals surface area (Å²) in [5.41, 5.74) is 15.7. The summed E-state index contributed by atoms with van der Waals surface area (Å²) in [6.07, 6.45) is 6.63. The lowest BCUT2D eigenvalue weighted by molar-refractivity contribution is -0.161. The first kappa shape index (κ1) is 30.5. The van der Waals surface area contributed by atoms with Gasteiger partial charge < -0.3 is 30.4 Å². The van der Waals surface area contributed by atoms with Crippen molar-refractivity contribution >= 4 is 17.5 Å². The minimum Gasteiger partial charge on any atom is -0.489 e. The van der Waals surface area contributed by atoms with Crippen LogP contribution in [0.5, 0.6) is 5.75 Å². The summed E-state index contributed by atoms with van der Waals surface area (Å²) in [6.45, 7) is 4.00. The Hall–Kier alpha value is -3.48. The molecule has 0 aromatic heterocycles. The normalized spacial score (nSPS) is 17.2. The van der Waals surface area contributed by atoms with Gasteiger partial charge in [-0.3, -0.25) is 4.79 Å². The fraction of sp³-hybridized carbons (Fsp3) is 0.455. The summed E-state index contributed by atoms with van der Waals surface area (Å²) in [5.74, 6) is 4.40. The van der Waals surface area contributed by atoms with E-state index in [1.165, 1.54) is 11.1 Å². The number of ether oxygens (including phenoxy) is 4. The molecule has 0 bridgehead atoms. The SMILES string of the molecule is CC#C[C@H](CC(=O)OC(=O)[C@@H](N)CCCCN)c1ccc(OCc2cccc(C3=CCC4(CC3)OCCO4)c2)cc1. The van der Waals surface area contributed by atoms with Crippen LogP contribution in [0.25, 0.3) is 5.57 Å². The first-order chi connectivity index (χ1) is 19.9. The van der Waals surface area contributed by atoms with Gasteiger partial charge in [-0.1, -0.05) is 48.7 Å². The molecule has 218 valence electrons. The molecule has 1 fully saturated rings. The van der Waals surface area contributed by atoms with Gasteiger partial charge in [0.2, 0.25) is 0 Å². The van der Waals surface area contributed by atoms with Crippen molar-refractivity contribution in [3.05, 3.63) is 71.3 Å². The number of esters is 2. The Morgan fingerprint density at radius 2 is 1.88 bits per heavy atom. The van der Waals surface area contributed by atoms with Gasteiger partial charge in [0.1, 0.15) is 18.4 Å². The van der Waals surface area contributed by atoms with Gasteiger partial charge in [-0.25, -0.2) is 4.79 Å². The highest BCUT2D eigenvalue weighted by molar-refractivity contribution is 5.88. The van der Waals surface area contributed by atoms with Crippen LogP contribution < -0.4 is 16.2 Å². The standard InChI is InChI=1S/C33H40N2O6/c1-2-6-27(22-31(36)41-32(37)30(35)9-3-4-18-34)25-10-12-29(13-11-25)38-23-24-7-5-8-28(21-24)26-14-16-33(17-15-26)39-19-20-40-33/h5,7-8,10-14,21,27,30H,3-4,9,15-20,22-23,34-35H2,1H3/t27-,30+/m1/s1. The molecule has 8 heteroatoms. The monoisotopic (exact) mass is 560 g/mol. The second-order valence-corrected chi connectivity index (χ2v) is 10.4. The predicted molar refractivity (Wildman–Crippen MR) is 156 cm³/mol. The van der Waals surface area contributed by atoms with Crippen LogP contribution in [0.3, 0.4) is 0 Å². The molecule has 1 spiro atoms. The number of nitrogens with two attached hydrogens (primary N) is 2. The van der Waals surface area contributed by atoms with Crippen molar-refractivity contribution in [3.63, 3.8) is 0 Å². The Bertz CT molecular complexity index is 1270. The Balaban J connectivity index is 1.30. The van der Waals surface area contributed by atoms with E-state index in [-0.39, 0.29) is 6.42 Å². The summed E-state index contributed by atoms with van der Waals surface area (Å²) in [4.78, 5) is 24.6. The zero-order valence-corrected chi connectivity index (χ0v) is 23.7. The topological polar surface area (TPSA) is 123 Å². The molecule has 1 aliphatic carbocycles. The van der Waals surface area contributed by atoms with Crippen molar-refractivity contribution in [2.24, 2.45) is 11.5 Å². The fourth-order valence-electron chi connectivity index (χ4n) is 5.10. The number of allylic oxidation sites excluding steroid dienone is 1. The summed E-state index contributed by atoms with van der Waals surface area (Å²) in [6, 6.07) is 15.0. The van der Waals surface area contributed by atoms with Crippen LogP contribution >= 0.6 is 0 Å². The van der Waals surface area contributed by atoms with Gasteiger partial charge >= 0.3 is 11.9 Å². The Morgan fingerprint density at radius 1 is 1.10 bits per heavy atom. The van der Waals surface area contributed by atoms with Crippen molar-refractivity contribution in [3.8, 4) is 17.6 Å². The van der Waals surface area contributed by atoms with E-state index < -0.39 is 29.7 Å². The molecule has 4 N–H and O–H groups in total. The first-order valence-corrected chi connectivity index (χ1v) is 14.3. The van der Waals surface area contributed by atoms with E-state index in [1.807, 2.05) is 24.3 Å². The molecule has 0 amide bonds. The number of unbranched alkanes of at least 4 members (excludes halogenated alkanes) is 1. The van der Waals surface area contributed by atoms with E-state index in [2.05, 4.69) is 42.2 Å². The maximum Gasteiger partial charge on any atom is 0.330 e. The third kappa shape index (κ3) is 8.75. The maximum atomic E-state index is 12.5. The number of carbonyl (C=O) groups is 2. The number of hydrogen-bond acceptors (Lipinski definition) is 8. The molecular formula is C33H40N2O6. The predicted octanol–water partition coefficient (Wildman–Crippen LogP) is 4.60. The second-order valence-electron chi connectivity index (χ2n) is 10.4. The number of hydrogen-bond donors (Lipinski definition) is 2. The number of carbonyl (C=O) groups excluding carboxylic acids is 2. The lowest BCUT2D eigenvalue weighted by Crippen LogP contribution is -2.34. The van der Waals surface area contributed by atoms with Crippen molar-refractivity contribution in [1.29, 1.82) is 0 Å². The third-order valence-corrected chi connectivity index (χ3v) is 7.41. The Kier molecular flexibility index (Phi) is 11.1. The number of benzene rings is 2. The van der Waals surface area contributed by atoms with Crippen molar-refractivity contribution in [1.82, 2.24) is 0 Å². The maximum absolute atomic E-state index is 12.5. The smallest absolute Gasteiger partial charge is 0.330 e. The molecule has 2 aliphatic rings. The molecule has 1 heterocycles. The zero-order chi connectivity index (χ0) is 29.1. The zero-order valence-electron chi connectivity index (χ0n) is 23.7. The second kappa shape index (κ2) is 14.9. The molecule has 2 atom stereocenters. The van der Waals surface area contributed by atoms with Crippen LogP contribution in [0.2, 0.25) is 0 Å². The van der Waals surface area contributed by atoms with Crippen LogP contribution in [0.15, 0.2) is 54.6 Å². The summed E-state index contributed by atoms with van der Waals surface area (Å²) >= 11 is 0. The van der Waals surface area contributed by atoms with Crippen LogP contribution in [0.1, 0.15) is 74.5 Å². The molecule has 0 radical (unpaired) electrons. The molecule has 8 nitrogen and oxygen atoms in total. The van der Waals surface area contributed by atoms with Gasteiger partial charge in [-0.05, 0) is 73.2 Å². The highest BCUT2D eigenvalue weighted by Crippen LogP contribution is 2.38. The lowest BCUT2D eigenvalue weighted by atomic mass is 9.89. The van der Waals surface area contributed by atoms with E-state index >= 15 is 0 Å². The van der Waals surface area contributed by atoms with Gasteiger partial charge in [0.05, 0.1) is 25.6 Å². The summed E-state index contributed by atoms with van der Waals surface area (Å²) < 4.78 is 22.7. The molecule has 2 aromatic carbocycles. The molecular weight excluding hydrogens is 520 g/mol. The first-order valence-electron chi connectivity index (χ1n) is 14.3. The van der Waals surface area contributed by atoms with Crippen LogP contribution in [-0.2, 0) is 30.4 Å². The van der Waals surface area contributed by atoms with Gasteiger partial charge in [-0.15, -0.1) is 5.92 Å². The highest BCUT2D eigenvalue weighted by atomic mass is 16.7. The van der Waals surface area contributed by atoms with Crippen LogP contribution in [-0.4, -0.2) is 43.5 Å². The van der Waals surface area contributed by atoms with Gasteiger partial charge in [-0.2, -0.15) is 0 Å². The third-order valence-electron chi connectivity index (χ3n) is 7.41. The molecule has 0 unspecified atom stereocenters. The van der Waals surface area contributed by atoms with Crippen molar-refractivity contribution in [2.75, 3.05) is 19.8 Å². The van der Waals surface area contributed by atoms with Crippen LogP contribution in [0, 0.1) is 11.8 Å². The molecule has 0 saturated carbocycles. The molecule has 4 rings (SSSR count). The van der Waals surface area contributed by atoms with E-state index in [1.54, 1.807) is 6.92 Å². The minimum absolute atomic E-state index is 0.0513. The molecule has 2 aromatic rings. The van der Waals surface area contributed by atoms with Crippen LogP contribution in [0.4, 0.5) is 0 Å². The molecule has 41 heavy (non-hydrogen) atoms. The molecule has 1 aliphatic heterocycles. The lowest BCUT2D eigenvalue weighted by Gasteiger charge is -2.30. The number of rotatable bonds is 12. The fourth-order valence-corrected chi connectivity index (χ4v) is 5.10.